The molecule has 1 aliphatic carbocycles. The van der Waals surface area contributed by atoms with Crippen molar-refractivity contribution in [2.45, 2.75) is 32.1 Å². The number of carboxylic acid groups (broad SMARTS) is 1. The monoisotopic (exact) mass is 291 g/mol. The average molecular weight is 291 g/mol. The topological polar surface area (TPSA) is 75.6 Å². The van der Waals surface area contributed by atoms with Crippen molar-refractivity contribution in [2.24, 2.45) is 5.41 Å². The number of ether oxygens (including phenoxy) is 1. The van der Waals surface area contributed by atoms with Gasteiger partial charge in [-0.2, -0.15) is 0 Å². The number of carboxylic acids is 1. The quantitative estimate of drug-likeness (QED) is 0.755. The Balaban J connectivity index is 1.71. The minimum Gasteiger partial charge on any atom is -0.492 e. The Labute approximate surface area is 124 Å². The summed E-state index contributed by atoms with van der Waals surface area (Å²) < 4.78 is 5.47. The summed E-state index contributed by atoms with van der Waals surface area (Å²) >= 11 is 0. The molecule has 5 heteroatoms. The summed E-state index contributed by atoms with van der Waals surface area (Å²) in [6.07, 6.45) is 3.02. The minimum absolute atomic E-state index is 0.0632. The van der Waals surface area contributed by atoms with Crippen LogP contribution in [0.25, 0.3) is 0 Å². The van der Waals surface area contributed by atoms with Crippen LogP contribution in [-0.2, 0) is 9.59 Å². The second kappa shape index (κ2) is 7.11. The highest BCUT2D eigenvalue weighted by molar-refractivity contribution is 5.85. The first-order valence-electron chi connectivity index (χ1n) is 7.30. The second-order valence-electron chi connectivity index (χ2n) is 5.48. The van der Waals surface area contributed by atoms with E-state index in [1.807, 2.05) is 30.3 Å². The summed E-state index contributed by atoms with van der Waals surface area (Å²) in [5, 5.41) is 12.1. The molecular formula is C16H21NO4. The minimum atomic E-state index is -0.857. The van der Waals surface area contributed by atoms with Crippen molar-refractivity contribution in [2.75, 3.05) is 13.2 Å². The van der Waals surface area contributed by atoms with Crippen molar-refractivity contribution in [3.05, 3.63) is 30.3 Å². The molecule has 0 aromatic heterocycles. The van der Waals surface area contributed by atoms with Crippen LogP contribution >= 0.6 is 0 Å². The number of nitrogens with one attached hydrogen (secondary N) is 1. The van der Waals surface area contributed by atoms with Gasteiger partial charge in [-0.1, -0.05) is 31.0 Å². The van der Waals surface area contributed by atoms with E-state index in [0.29, 0.717) is 26.0 Å². The van der Waals surface area contributed by atoms with Crippen LogP contribution < -0.4 is 10.1 Å². The molecule has 1 fully saturated rings. The number of para-hydroxylation sites is 1. The SMILES string of the molecule is O=C(CC1(C(=O)O)CCCC1)NCCOc1ccccc1. The van der Waals surface area contributed by atoms with E-state index in [0.717, 1.165) is 18.6 Å². The van der Waals surface area contributed by atoms with Crippen LogP contribution in [0.3, 0.4) is 0 Å². The van der Waals surface area contributed by atoms with E-state index < -0.39 is 11.4 Å². The lowest BCUT2D eigenvalue weighted by atomic mass is 9.82. The third kappa shape index (κ3) is 4.21. The van der Waals surface area contributed by atoms with Crippen LogP contribution in [0.15, 0.2) is 30.3 Å². The maximum absolute atomic E-state index is 11.9. The number of aliphatic carboxylic acids is 1. The molecule has 1 aromatic carbocycles. The van der Waals surface area contributed by atoms with Crippen LogP contribution in [-0.4, -0.2) is 30.1 Å². The van der Waals surface area contributed by atoms with Gasteiger partial charge in [-0.05, 0) is 25.0 Å². The summed E-state index contributed by atoms with van der Waals surface area (Å²) in [5.74, 6) is -0.309. The molecule has 1 saturated carbocycles. The first-order valence-corrected chi connectivity index (χ1v) is 7.30. The Bertz CT molecular complexity index is 480. The first kappa shape index (κ1) is 15.4. The van der Waals surface area contributed by atoms with E-state index in [4.69, 9.17) is 4.74 Å². The van der Waals surface area contributed by atoms with Crippen molar-refractivity contribution in [1.82, 2.24) is 5.32 Å². The molecule has 1 aromatic rings. The van der Waals surface area contributed by atoms with Crippen molar-refractivity contribution in [3.8, 4) is 5.75 Å². The Morgan fingerprint density at radius 1 is 1.19 bits per heavy atom. The Morgan fingerprint density at radius 2 is 1.86 bits per heavy atom. The third-order valence-electron chi connectivity index (χ3n) is 3.95. The van der Waals surface area contributed by atoms with Crippen molar-refractivity contribution in [1.29, 1.82) is 0 Å². The number of hydrogen-bond donors (Lipinski definition) is 2. The summed E-state index contributed by atoms with van der Waals surface area (Å²) in [7, 11) is 0. The molecule has 0 spiro atoms. The first-order chi connectivity index (χ1) is 10.1. The second-order valence-corrected chi connectivity index (χ2v) is 5.48. The molecule has 2 N–H and O–H groups in total. The molecule has 0 bridgehead atoms. The molecule has 5 nitrogen and oxygen atoms in total. The molecule has 0 atom stereocenters. The molecule has 114 valence electrons. The standard InChI is InChI=1S/C16H21NO4/c18-14(12-16(15(19)20)8-4-5-9-16)17-10-11-21-13-6-2-1-3-7-13/h1-3,6-7H,4-5,8-12H2,(H,17,18)(H,19,20). The van der Waals surface area contributed by atoms with Gasteiger partial charge in [0.2, 0.25) is 5.91 Å². The normalized spacial score (nSPS) is 16.4. The molecule has 21 heavy (non-hydrogen) atoms. The largest absolute Gasteiger partial charge is 0.492 e. The summed E-state index contributed by atoms with van der Waals surface area (Å²) in [4.78, 5) is 23.3. The zero-order chi connectivity index (χ0) is 15.1. The maximum Gasteiger partial charge on any atom is 0.310 e. The van der Waals surface area contributed by atoms with Gasteiger partial charge < -0.3 is 15.2 Å². The van der Waals surface area contributed by atoms with Crippen molar-refractivity contribution < 1.29 is 19.4 Å². The van der Waals surface area contributed by atoms with Crippen molar-refractivity contribution in [3.63, 3.8) is 0 Å². The molecule has 0 aliphatic heterocycles. The van der Waals surface area contributed by atoms with Gasteiger partial charge in [0.05, 0.1) is 12.0 Å². The van der Waals surface area contributed by atoms with Gasteiger partial charge in [-0.3, -0.25) is 9.59 Å². The van der Waals surface area contributed by atoms with Gasteiger partial charge >= 0.3 is 5.97 Å². The molecule has 1 amide bonds. The van der Waals surface area contributed by atoms with Crippen LogP contribution in [0.5, 0.6) is 5.75 Å². The van der Waals surface area contributed by atoms with Gasteiger partial charge in [0.15, 0.2) is 0 Å². The van der Waals surface area contributed by atoms with Crippen molar-refractivity contribution >= 4 is 11.9 Å². The van der Waals surface area contributed by atoms with Crippen LogP contribution in [0.1, 0.15) is 32.1 Å². The Kier molecular flexibility index (Phi) is 5.20. The highest BCUT2D eigenvalue weighted by Crippen LogP contribution is 2.41. The number of carbonyl (C=O) groups excluding carboxylic acids is 1. The molecular weight excluding hydrogens is 270 g/mol. The lowest BCUT2D eigenvalue weighted by Gasteiger charge is -2.22. The maximum atomic E-state index is 11.9. The van der Waals surface area contributed by atoms with E-state index in [-0.39, 0.29) is 12.3 Å². The van der Waals surface area contributed by atoms with E-state index in [9.17, 15) is 14.7 Å². The van der Waals surface area contributed by atoms with E-state index >= 15 is 0 Å². The molecule has 2 rings (SSSR count). The Hall–Kier alpha value is -2.04. The molecule has 1 aliphatic rings. The van der Waals surface area contributed by atoms with E-state index in [2.05, 4.69) is 5.32 Å². The summed E-state index contributed by atoms with van der Waals surface area (Å²) in [6, 6.07) is 9.36. The average Bonchev–Trinajstić information content (AvgIpc) is 2.94. The summed E-state index contributed by atoms with van der Waals surface area (Å²) in [6.45, 7) is 0.749. The van der Waals surface area contributed by atoms with E-state index in [1.165, 1.54) is 0 Å². The van der Waals surface area contributed by atoms with Gasteiger partial charge in [0.1, 0.15) is 12.4 Å². The highest BCUT2D eigenvalue weighted by Gasteiger charge is 2.42. The van der Waals surface area contributed by atoms with Gasteiger partial charge in [0, 0.05) is 6.42 Å². The van der Waals surface area contributed by atoms with Gasteiger partial charge in [-0.15, -0.1) is 0 Å². The number of rotatable bonds is 7. The lowest BCUT2D eigenvalue weighted by molar-refractivity contribution is -0.151. The fraction of sp³-hybridized carbons (Fsp3) is 0.500. The lowest BCUT2D eigenvalue weighted by Crippen LogP contribution is -2.37. The molecule has 0 saturated heterocycles. The zero-order valence-corrected chi connectivity index (χ0v) is 12.0. The van der Waals surface area contributed by atoms with Crippen LogP contribution in [0.2, 0.25) is 0 Å². The van der Waals surface area contributed by atoms with E-state index in [1.54, 1.807) is 0 Å². The number of benzene rings is 1. The fourth-order valence-corrected chi connectivity index (χ4v) is 2.76. The highest BCUT2D eigenvalue weighted by atomic mass is 16.5. The smallest absolute Gasteiger partial charge is 0.310 e. The molecule has 0 heterocycles. The molecule has 0 radical (unpaired) electrons. The fourth-order valence-electron chi connectivity index (χ4n) is 2.76. The Morgan fingerprint density at radius 3 is 2.48 bits per heavy atom. The predicted molar refractivity (Wildman–Crippen MR) is 78.1 cm³/mol. The zero-order valence-electron chi connectivity index (χ0n) is 12.0. The summed E-state index contributed by atoms with van der Waals surface area (Å²) in [5.41, 5.74) is -0.857. The predicted octanol–water partition coefficient (Wildman–Crippen LogP) is 2.22. The number of carbonyl (C=O) groups is 2. The number of hydrogen-bond acceptors (Lipinski definition) is 3. The number of amides is 1. The molecule has 0 unspecified atom stereocenters. The van der Waals surface area contributed by atoms with Gasteiger partial charge in [-0.25, -0.2) is 0 Å². The van der Waals surface area contributed by atoms with Crippen LogP contribution in [0.4, 0.5) is 0 Å². The van der Waals surface area contributed by atoms with Crippen LogP contribution in [0, 0.1) is 5.41 Å². The third-order valence-corrected chi connectivity index (χ3v) is 3.95. The van der Waals surface area contributed by atoms with Gasteiger partial charge in [0.25, 0.3) is 0 Å².